The van der Waals surface area contributed by atoms with E-state index in [0.717, 1.165) is 32.6 Å². The van der Waals surface area contributed by atoms with Crippen LogP contribution >= 0.6 is 0 Å². The van der Waals surface area contributed by atoms with Crippen LogP contribution in [0.4, 0.5) is 10.1 Å². The number of piperazine rings is 1. The van der Waals surface area contributed by atoms with E-state index in [2.05, 4.69) is 20.1 Å². The SMILES string of the molecule is CCC(O)CN1CCN(Cc2nc(C(=O)Nc3cccc(F)c3)co2)CC1. The Morgan fingerprint density at radius 3 is 2.78 bits per heavy atom. The third kappa shape index (κ3) is 5.59. The first-order valence-electron chi connectivity index (χ1n) is 9.17. The Morgan fingerprint density at radius 2 is 2.07 bits per heavy atom. The number of carbonyl (C=O) groups excluding carboxylic acids is 1. The predicted molar refractivity (Wildman–Crippen MR) is 98.9 cm³/mol. The molecule has 0 spiro atoms. The Bertz CT molecular complexity index is 759. The van der Waals surface area contributed by atoms with Crippen LogP contribution in [0.15, 0.2) is 34.9 Å². The van der Waals surface area contributed by atoms with Crippen molar-refractivity contribution in [2.45, 2.75) is 26.0 Å². The van der Waals surface area contributed by atoms with Crippen molar-refractivity contribution in [3.8, 4) is 0 Å². The van der Waals surface area contributed by atoms with Gasteiger partial charge in [0.25, 0.3) is 5.91 Å². The number of aliphatic hydroxyl groups excluding tert-OH is 1. The van der Waals surface area contributed by atoms with Crippen LogP contribution < -0.4 is 5.32 Å². The summed E-state index contributed by atoms with van der Waals surface area (Å²) in [6.45, 7) is 6.67. The summed E-state index contributed by atoms with van der Waals surface area (Å²) >= 11 is 0. The van der Waals surface area contributed by atoms with E-state index in [1.54, 1.807) is 6.07 Å². The molecule has 1 fully saturated rings. The van der Waals surface area contributed by atoms with Gasteiger partial charge in [0, 0.05) is 38.4 Å². The van der Waals surface area contributed by atoms with Gasteiger partial charge in [0.05, 0.1) is 12.6 Å². The number of hydrogen-bond acceptors (Lipinski definition) is 6. The van der Waals surface area contributed by atoms with Crippen molar-refractivity contribution in [3.63, 3.8) is 0 Å². The summed E-state index contributed by atoms with van der Waals surface area (Å²) in [7, 11) is 0. The molecule has 0 radical (unpaired) electrons. The first kappa shape index (κ1) is 19.5. The summed E-state index contributed by atoms with van der Waals surface area (Å²) in [4.78, 5) is 20.9. The summed E-state index contributed by atoms with van der Waals surface area (Å²) in [5, 5.41) is 12.3. The van der Waals surface area contributed by atoms with Crippen LogP contribution in [0.2, 0.25) is 0 Å². The average molecular weight is 376 g/mol. The molecule has 0 bridgehead atoms. The van der Waals surface area contributed by atoms with E-state index in [1.165, 1.54) is 24.5 Å². The van der Waals surface area contributed by atoms with Crippen LogP contribution in [0, 0.1) is 5.82 Å². The van der Waals surface area contributed by atoms with Crippen LogP contribution in [0.25, 0.3) is 0 Å². The molecule has 1 aliphatic heterocycles. The number of β-amino-alcohol motifs (C(OH)–C–C–N with tert-alkyl or cyclic N) is 1. The molecule has 3 rings (SSSR count). The molecule has 8 heteroatoms. The summed E-state index contributed by atoms with van der Waals surface area (Å²) in [5.41, 5.74) is 0.536. The number of carbonyl (C=O) groups is 1. The Hall–Kier alpha value is -2.29. The number of nitrogens with one attached hydrogen (secondary N) is 1. The van der Waals surface area contributed by atoms with E-state index in [0.29, 0.717) is 24.7 Å². The number of aromatic nitrogens is 1. The molecule has 7 nitrogen and oxygen atoms in total. The zero-order valence-electron chi connectivity index (χ0n) is 15.4. The van der Waals surface area contributed by atoms with Gasteiger partial charge in [-0.2, -0.15) is 0 Å². The van der Waals surface area contributed by atoms with Crippen molar-refractivity contribution < 1.29 is 18.7 Å². The Balaban J connectivity index is 1.49. The van der Waals surface area contributed by atoms with E-state index in [4.69, 9.17) is 4.42 Å². The van der Waals surface area contributed by atoms with Crippen molar-refractivity contribution in [1.82, 2.24) is 14.8 Å². The molecule has 1 amide bonds. The number of amides is 1. The van der Waals surface area contributed by atoms with Gasteiger partial charge in [0.2, 0.25) is 5.89 Å². The van der Waals surface area contributed by atoms with Gasteiger partial charge >= 0.3 is 0 Å². The predicted octanol–water partition coefficient (Wildman–Crippen LogP) is 1.95. The molecule has 0 aliphatic carbocycles. The average Bonchev–Trinajstić information content (AvgIpc) is 3.12. The fraction of sp³-hybridized carbons (Fsp3) is 0.474. The van der Waals surface area contributed by atoms with Gasteiger partial charge in [0.1, 0.15) is 12.1 Å². The minimum Gasteiger partial charge on any atom is -0.447 e. The van der Waals surface area contributed by atoms with Crippen LogP contribution in [0.3, 0.4) is 0 Å². The molecule has 146 valence electrons. The monoisotopic (exact) mass is 376 g/mol. The number of benzene rings is 1. The smallest absolute Gasteiger partial charge is 0.277 e. The molecule has 27 heavy (non-hydrogen) atoms. The summed E-state index contributed by atoms with van der Waals surface area (Å²) in [6, 6.07) is 5.69. The standard InChI is InChI=1S/C19H25FN4O3/c1-2-16(25)11-23-6-8-24(9-7-23)12-18-22-17(13-27-18)19(26)21-15-5-3-4-14(20)10-15/h3-5,10,13,16,25H,2,6-9,11-12H2,1H3,(H,21,26). The van der Waals surface area contributed by atoms with Gasteiger partial charge in [-0.25, -0.2) is 9.37 Å². The summed E-state index contributed by atoms with van der Waals surface area (Å²) in [6.07, 6.45) is 1.80. The highest BCUT2D eigenvalue weighted by Crippen LogP contribution is 2.13. The van der Waals surface area contributed by atoms with Gasteiger partial charge in [0.15, 0.2) is 5.69 Å². The molecule has 2 heterocycles. The van der Waals surface area contributed by atoms with Gasteiger partial charge in [-0.15, -0.1) is 0 Å². The van der Waals surface area contributed by atoms with E-state index in [9.17, 15) is 14.3 Å². The number of aliphatic hydroxyl groups is 1. The number of halogens is 1. The van der Waals surface area contributed by atoms with E-state index >= 15 is 0 Å². The topological polar surface area (TPSA) is 81.8 Å². The number of nitrogens with zero attached hydrogens (tertiary/aromatic N) is 3. The second kappa shape index (κ2) is 9.07. The lowest BCUT2D eigenvalue weighted by Crippen LogP contribution is -2.48. The molecule has 1 aliphatic rings. The maximum Gasteiger partial charge on any atom is 0.277 e. The maximum atomic E-state index is 13.2. The second-order valence-electron chi connectivity index (χ2n) is 6.73. The largest absolute Gasteiger partial charge is 0.447 e. The van der Waals surface area contributed by atoms with Gasteiger partial charge in [-0.3, -0.25) is 14.6 Å². The van der Waals surface area contributed by atoms with Crippen molar-refractivity contribution in [1.29, 1.82) is 0 Å². The van der Waals surface area contributed by atoms with Crippen LogP contribution in [-0.4, -0.2) is 64.6 Å². The Labute approximate surface area is 157 Å². The van der Waals surface area contributed by atoms with Gasteiger partial charge in [-0.1, -0.05) is 13.0 Å². The fourth-order valence-electron chi connectivity index (χ4n) is 3.00. The van der Waals surface area contributed by atoms with Crippen molar-refractivity contribution in [3.05, 3.63) is 47.9 Å². The second-order valence-corrected chi connectivity index (χ2v) is 6.73. The third-order valence-electron chi connectivity index (χ3n) is 4.63. The molecule has 2 aromatic rings. The molecular formula is C19H25FN4O3. The minimum atomic E-state index is -0.436. The lowest BCUT2D eigenvalue weighted by atomic mass is 10.2. The van der Waals surface area contributed by atoms with E-state index in [1.807, 2.05) is 6.92 Å². The van der Waals surface area contributed by atoms with Crippen LogP contribution in [0.1, 0.15) is 29.7 Å². The first-order chi connectivity index (χ1) is 13.0. The van der Waals surface area contributed by atoms with Gasteiger partial charge in [-0.05, 0) is 24.6 Å². The molecule has 1 saturated heterocycles. The van der Waals surface area contributed by atoms with E-state index < -0.39 is 11.7 Å². The molecule has 2 N–H and O–H groups in total. The quantitative estimate of drug-likeness (QED) is 0.769. The highest BCUT2D eigenvalue weighted by atomic mass is 19.1. The zero-order chi connectivity index (χ0) is 19.2. The number of oxazole rings is 1. The lowest BCUT2D eigenvalue weighted by Gasteiger charge is -2.34. The number of anilines is 1. The highest BCUT2D eigenvalue weighted by Gasteiger charge is 2.21. The normalized spacial score (nSPS) is 17.0. The zero-order valence-corrected chi connectivity index (χ0v) is 15.4. The molecule has 1 atom stereocenters. The lowest BCUT2D eigenvalue weighted by molar-refractivity contribution is 0.0658. The fourth-order valence-corrected chi connectivity index (χ4v) is 3.00. The number of hydrogen-bond donors (Lipinski definition) is 2. The molecule has 1 aromatic carbocycles. The summed E-state index contributed by atoms with van der Waals surface area (Å²) in [5.74, 6) is -0.380. The molecule has 1 unspecified atom stereocenters. The van der Waals surface area contributed by atoms with Crippen molar-refractivity contribution in [2.75, 3.05) is 38.0 Å². The first-order valence-corrected chi connectivity index (χ1v) is 9.17. The maximum absolute atomic E-state index is 13.2. The highest BCUT2D eigenvalue weighted by molar-refractivity contribution is 6.02. The molecule has 1 aromatic heterocycles. The van der Waals surface area contributed by atoms with E-state index in [-0.39, 0.29) is 11.8 Å². The van der Waals surface area contributed by atoms with Gasteiger partial charge < -0.3 is 14.8 Å². The van der Waals surface area contributed by atoms with Crippen molar-refractivity contribution in [2.24, 2.45) is 0 Å². The number of rotatable bonds is 7. The Morgan fingerprint density at radius 1 is 1.33 bits per heavy atom. The minimum absolute atomic E-state index is 0.166. The third-order valence-corrected chi connectivity index (χ3v) is 4.63. The summed E-state index contributed by atoms with van der Waals surface area (Å²) < 4.78 is 18.6. The Kier molecular flexibility index (Phi) is 6.54. The van der Waals surface area contributed by atoms with Crippen LogP contribution in [0.5, 0.6) is 0 Å². The van der Waals surface area contributed by atoms with Crippen LogP contribution in [-0.2, 0) is 6.54 Å². The molecule has 0 saturated carbocycles. The van der Waals surface area contributed by atoms with Crippen molar-refractivity contribution >= 4 is 11.6 Å². The molecular weight excluding hydrogens is 351 g/mol.